The average molecular weight is 1200 g/mol. The van der Waals surface area contributed by atoms with E-state index in [4.69, 9.17) is 14.2 Å². The molecule has 0 spiro atoms. The molecule has 0 bridgehead atoms. The largest absolute Gasteiger partial charge is 0.444 e. The van der Waals surface area contributed by atoms with E-state index in [1.807, 2.05) is 80.2 Å². The summed E-state index contributed by atoms with van der Waals surface area (Å²) in [5, 5.41) is 20.0. The minimum Gasteiger partial charge on any atom is -0.444 e. The molecule has 28 heteroatoms. The van der Waals surface area contributed by atoms with Gasteiger partial charge in [-0.2, -0.15) is 36.5 Å². The molecule has 0 saturated carbocycles. The summed E-state index contributed by atoms with van der Waals surface area (Å²) in [5.41, 5.74) is -0.632. The van der Waals surface area contributed by atoms with Crippen LogP contribution in [0, 0.1) is 0 Å². The molecule has 4 aromatic heterocycles. The number of halogens is 6. The fraction of sp³-hybridized carbons (Fsp3) is 0.500. The third-order valence-electron chi connectivity index (χ3n) is 13.9. The van der Waals surface area contributed by atoms with Crippen molar-refractivity contribution in [2.75, 3.05) is 70.0 Å². The molecule has 22 nitrogen and oxygen atoms in total. The summed E-state index contributed by atoms with van der Waals surface area (Å²) in [7, 11) is 2.04. The van der Waals surface area contributed by atoms with Crippen LogP contribution in [-0.2, 0) is 39.7 Å². The Hall–Kier alpha value is -8.11. The number of carbonyl (C=O) groups excluding carboxylic acids is 3. The SMILES string of the molecule is CC(C)(C)OC(=O)N1CC(n2cc(Nc3nccc(-c4ccc(CNC(=O)N5CC(OC(C)(C)C)C5)c(C(F)(F)F)c4)n3)cn2)C1.CN1CC(n2cc(Nc3nccc(-c4ccc(CNC(=O)N5CC(OC(C)(C)C)C5)c(C(F)(F)F)c4)n3)cn2)C1. The first-order chi connectivity index (χ1) is 40.3. The summed E-state index contributed by atoms with van der Waals surface area (Å²) in [4.78, 5) is 61.2. The lowest BCUT2D eigenvalue weighted by atomic mass is 10.0. The van der Waals surface area contributed by atoms with Gasteiger partial charge in [0.1, 0.15) is 5.60 Å². The number of rotatable bonds is 14. The Morgan fingerprint density at radius 2 is 0.953 bits per heavy atom. The van der Waals surface area contributed by atoms with E-state index in [-0.39, 0.29) is 88.5 Å². The summed E-state index contributed by atoms with van der Waals surface area (Å²) in [6.45, 7) is 20.8. The van der Waals surface area contributed by atoms with Crippen molar-refractivity contribution >= 4 is 41.4 Å². The molecule has 2 aromatic carbocycles. The maximum atomic E-state index is 14.1. The van der Waals surface area contributed by atoms with Crippen LogP contribution >= 0.6 is 0 Å². The van der Waals surface area contributed by atoms with Gasteiger partial charge in [-0.1, -0.05) is 24.3 Å². The number of hydrogen-bond acceptors (Lipinski definition) is 15. The lowest BCUT2D eigenvalue weighted by Gasteiger charge is -2.41. The van der Waals surface area contributed by atoms with Crippen LogP contribution in [-0.4, -0.2) is 166 Å². The predicted molar refractivity (Wildman–Crippen MR) is 306 cm³/mol. The minimum absolute atomic E-state index is 0.0234. The van der Waals surface area contributed by atoms with Gasteiger partial charge in [-0.15, -0.1) is 0 Å². The van der Waals surface area contributed by atoms with E-state index in [1.165, 1.54) is 46.5 Å². The highest BCUT2D eigenvalue weighted by Crippen LogP contribution is 2.37. The number of nitrogens with zero attached hydrogens (tertiary/aromatic N) is 12. The number of carbonyl (C=O) groups is 3. The van der Waals surface area contributed by atoms with Crippen LogP contribution in [0.2, 0.25) is 0 Å². The Balaban J connectivity index is 0.000000207. The number of nitrogens with one attached hydrogen (secondary N) is 4. The smallest absolute Gasteiger partial charge is 0.416 e. The van der Waals surface area contributed by atoms with E-state index in [0.717, 1.165) is 25.2 Å². The van der Waals surface area contributed by atoms with Crippen LogP contribution < -0.4 is 21.3 Å². The van der Waals surface area contributed by atoms with Gasteiger partial charge in [0.2, 0.25) is 11.9 Å². The third-order valence-corrected chi connectivity index (χ3v) is 13.9. The van der Waals surface area contributed by atoms with E-state index < -0.39 is 41.1 Å². The number of likely N-dealkylation sites (N-methyl/N-ethyl adjacent to an activating group) is 1. The van der Waals surface area contributed by atoms with Gasteiger partial charge in [-0.05, 0) is 105 Å². The molecular weight excluding hydrogens is 1130 g/mol. The van der Waals surface area contributed by atoms with Crippen molar-refractivity contribution in [2.45, 2.75) is 129 Å². The van der Waals surface area contributed by atoms with Gasteiger partial charge < -0.3 is 55.1 Å². The molecular formula is C58H72F6N16O6. The first kappa shape index (κ1) is 62.4. The fourth-order valence-electron chi connectivity index (χ4n) is 9.78. The first-order valence-corrected chi connectivity index (χ1v) is 28.0. The quantitative estimate of drug-likeness (QED) is 0.0744. The van der Waals surface area contributed by atoms with E-state index >= 15 is 0 Å². The molecule has 0 radical (unpaired) electrons. The van der Waals surface area contributed by atoms with Crippen molar-refractivity contribution in [2.24, 2.45) is 0 Å². The van der Waals surface area contributed by atoms with Crippen molar-refractivity contribution in [1.82, 2.24) is 69.7 Å². The molecule has 0 atom stereocenters. The second kappa shape index (κ2) is 24.7. The summed E-state index contributed by atoms with van der Waals surface area (Å²) in [5.74, 6) is 0.421. The molecule has 0 unspecified atom stereocenters. The van der Waals surface area contributed by atoms with Gasteiger partial charge in [-0.25, -0.2) is 34.3 Å². The molecule has 5 amide bonds. The van der Waals surface area contributed by atoms with Crippen molar-refractivity contribution in [3.05, 3.63) is 108 Å². The highest BCUT2D eigenvalue weighted by molar-refractivity contribution is 5.76. The van der Waals surface area contributed by atoms with Gasteiger partial charge in [0.25, 0.3) is 0 Å². The van der Waals surface area contributed by atoms with Crippen molar-refractivity contribution in [1.29, 1.82) is 0 Å². The predicted octanol–water partition coefficient (Wildman–Crippen LogP) is 9.90. The average Bonchev–Trinajstić information content (AvgIpc) is 1.46. The number of benzene rings is 2. The maximum absolute atomic E-state index is 14.1. The van der Waals surface area contributed by atoms with Gasteiger partial charge in [0, 0.05) is 75.2 Å². The number of anilines is 4. The second-order valence-corrected chi connectivity index (χ2v) is 24.7. The van der Waals surface area contributed by atoms with Crippen molar-refractivity contribution in [3.8, 4) is 22.5 Å². The zero-order valence-electron chi connectivity index (χ0n) is 49.5. The Kier molecular flexibility index (Phi) is 17.9. The Morgan fingerprint density at radius 1 is 0.547 bits per heavy atom. The number of alkyl halides is 6. The molecule has 6 aromatic rings. The van der Waals surface area contributed by atoms with E-state index in [0.29, 0.717) is 62.4 Å². The monoisotopic (exact) mass is 1200 g/mol. The highest BCUT2D eigenvalue weighted by atomic mass is 19.4. The zero-order valence-corrected chi connectivity index (χ0v) is 49.5. The van der Waals surface area contributed by atoms with Gasteiger partial charge in [0.15, 0.2) is 0 Å². The number of likely N-dealkylation sites (tertiary alicyclic amines) is 4. The minimum atomic E-state index is -4.65. The lowest BCUT2D eigenvalue weighted by molar-refractivity contribution is -0.139. The number of aromatic nitrogens is 8. The molecule has 86 heavy (non-hydrogen) atoms. The Bertz CT molecular complexity index is 3370. The molecule has 4 saturated heterocycles. The summed E-state index contributed by atoms with van der Waals surface area (Å²) >= 11 is 0. The normalized spacial score (nSPS) is 16.5. The van der Waals surface area contributed by atoms with Gasteiger partial charge in [0.05, 0.1) is 108 Å². The zero-order chi connectivity index (χ0) is 62.1. The molecule has 4 fully saturated rings. The second-order valence-electron chi connectivity index (χ2n) is 24.7. The van der Waals surface area contributed by atoms with Crippen LogP contribution in [0.3, 0.4) is 0 Å². The molecule has 462 valence electrons. The molecule has 8 heterocycles. The first-order valence-electron chi connectivity index (χ1n) is 28.0. The molecule has 4 aliphatic heterocycles. The van der Waals surface area contributed by atoms with E-state index in [1.54, 1.807) is 40.3 Å². The standard InChI is InChI=1S/C31H39F3N8O4.C27H33F3N8O2/c1-29(2,3)45-23-17-40(18-23)27(43)36-12-20-8-7-19(11-24(20)31(32,33)34)25-9-10-35-26(39-25)38-21-13-37-42(14-21)22-15-41(16-22)28(44)46-30(4,5)6;1-26(2,3)40-21-15-37(16-21)25(39)32-10-18-6-5-17(9-22(18)27(28,29)30)23-7-8-31-24(35-23)34-19-11-33-38(12-19)20-13-36(4)14-20/h7-11,13-14,22-23H,12,15-18H2,1-6H3,(H,36,43)(H,35,38,39);5-9,11-12,20-21H,10,13-16H2,1-4H3,(H,32,39)(H,31,34,35). The Morgan fingerprint density at radius 3 is 1.33 bits per heavy atom. The third kappa shape index (κ3) is 16.4. The number of amides is 5. The number of urea groups is 2. The fourth-order valence-corrected chi connectivity index (χ4v) is 9.78. The summed E-state index contributed by atoms with van der Waals surface area (Å²) in [6, 6.07) is 10.4. The number of ether oxygens (including phenoxy) is 3. The Labute approximate surface area is 494 Å². The van der Waals surface area contributed by atoms with Crippen molar-refractivity contribution < 1.29 is 54.9 Å². The van der Waals surface area contributed by atoms with E-state index in [9.17, 15) is 40.7 Å². The van der Waals surface area contributed by atoms with Crippen molar-refractivity contribution in [3.63, 3.8) is 0 Å². The summed E-state index contributed by atoms with van der Waals surface area (Å²) in [6.07, 6.45) is -0.0383. The summed E-state index contributed by atoms with van der Waals surface area (Å²) < 4.78 is 105. The number of hydrogen-bond donors (Lipinski definition) is 4. The molecule has 10 rings (SSSR count). The lowest BCUT2D eigenvalue weighted by Crippen LogP contribution is -2.59. The molecule has 0 aliphatic carbocycles. The van der Waals surface area contributed by atoms with Crippen LogP contribution in [0.5, 0.6) is 0 Å². The van der Waals surface area contributed by atoms with Gasteiger partial charge >= 0.3 is 30.5 Å². The van der Waals surface area contributed by atoms with Crippen LogP contribution in [0.15, 0.2) is 85.7 Å². The van der Waals surface area contributed by atoms with Gasteiger partial charge in [-0.3, -0.25) is 9.36 Å². The topological polar surface area (TPSA) is 227 Å². The van der Waals surface area contributed by atoms with E-state index in [2.05, 4.69) is 56.3 Å². The highest BCUT2D eigenvalue weighted by Gasteiger charge is 2.39. The molecule has 4 N–H and O–H groups in total. The maximum Gasteiger partial charge on any atom is 0.416 e. The van der Waals surface area contributed by atoms with Crippen LogP contribution in [0.25, 0.3) is 22.5 Å². The van der Waals surface area contributed by atoms with Crippen LogP contribution in [0.4, 0.5) is 64.0 Å². The van der Waals surface area contributed by atoms with Crippen LogP contribution in [0.1, 0.15) is 96.7 Å². The molecule has 4 aliphatic rings.